The fourth-order valence-corrected chi connectivity index (χ4v) is 2.61. The molecule has 1 unspecified atom stereocenters. The maximum absolute atomic E-state index is 12.2. The summed E-state index contributed by atoms with van der Waals surface area (Å²) in [5.41, 5.74) is 0.557. The number of aldehydes is 1. The number of hydrogen-bond donors (Lipinski definition) is 0. The van der Waals surface area contributed by atoms with Gasteiger partial charge in [-0.25, -0.2) is 4.79 Å². The average molecular weight is 341 g/mol. The third-order valence-electron chi connectivity index (χ3n) is 3.99. The van der Waals surface area contributed by atoms with Gasteiger partial charge in [-0.2, -0.15) is 0 Å². The SMILES string of the molecule is COc1ccc(N2CC(C)(COc3ccc(C=O)cc3)OC2=O)cc1. The largest absolute Gasteiger partial charge is 0.497 e. The van der Waals surface area contributed by atoms with Crippen molar-refractivity contribution >= 4 is 18.1 Å². The molecule has 1 heterocycles. The zero-order valence-electron chi connectivity index (χ0n) is 14.1. The predicted octanol–water partition coefficient (Wildman–Crippen LogP) is 3.30. The van der Waals surface area contributed by atoms with E-state index in [4.69, 9.17) is 14.2 Å². The normalized spacial score (nSPS) is 19.4. The summed E-state index contributed by atoms with van der Waals surface area (Å²) in [4.78, 5) is 24.5. The van der Waals surface area contributed by atoms with Crippen molar-refractivity contribution in [2.75, 3.05) is 25.2 Å². The van der Waals surface area contributed by atoms with Crippen LogP contribution in [0.5, 0.6) is 11.5 Å². The molecule has 1 aliphatic heterocycles. The number of carbonyl (C=O) groups excluding carboxylic acids is 2. The van der Waals surface area contributed by atoms with E-state index < -0.39 is 11.7 Å². The summed E-state index contributed by atoms with van der Waals surface area (Å²) in [6.07, 6.45) is 0.365. The van der Waals surface area contributed by atoms with Crippen molar-refractivity contribution < 1.29 is 23.8 Å². The first kappa shape index (κ1) is 16.8. The Morgan fingerprint density at radius 3 is 2.36 bits per heavy atom. The van der Waals surface area contributed by atoms with Gasteiger partial charge in [-0.05, 0) is 55.5 Å². The van der Waals surface area contributed by atoms with Crippen molar-refractivity contribution in [3.63, 3.8) is 0 Å². The van der Waals surface area contributed by atoms with E-state index in [1.165, 1.54) is 0 Å². The van der Waals surface area contributed by atoms with E-state index in [2.05, 4.69) is 0 Å². The van der Waals surface area contributed by atoms with Gasteiger partial charge in [0.1, 0.15) is 24.4 Å². The first-order valence-electron chi connectivity index (χ1n) is 7.86. The lowest BCUT2D eigenvalue weighted by Gasteiger charge is -2.22. The van der Waals surface area contributed by atoms with Gasteiger partial charge in [0.2, 0.25) is 0 Å². The van der Waals surface area contributed by atoms with Gasteiger partial charge < -0.3 is 14.2 Å². The molecule has 2 aromatic rings. The number of hydrogen-bond acceptors (Lipinski definition) is 5. The van der Waals surface area contributed by atoms with Crippen LogP contribution in [0.4, 0.5) is 10.5 Å². The molecule has 1 amide bonds. The number of amides is 1. The highest BCUT2D eigenvalue weighted by molar-refractivity contribution is 5.90. The minimum atomic E-state index is -0.764. The second kappa shape index (κ2) is 6.84. The minimum Gasteiger partial charge on any atom is -0.497 e. The van der Waals surface area contributed by atoms with E-state index in [9.17, 15) is 9.59 Å². The molecule has 6 heteroatoms. The summed E-state index contributed by atoms with van der Waals surface area (Å²) in [5, 5.41) is 0. The molecule has 0 N–H and O–H groups in total. The van der Waals surface area contributed by atoms with Crippen LogP contribution in [-0.4, -0.2) is 38.2 Å². The molecule has 2 aromatic carbocycles. The Morgan fingerprint density at radius 1 is 1.12 bits per heavy atom. The number of benzene rings is 2. The summed E-state index contributed by atoms with van der Waals surface area (Å²) in [7, 11) is 1.59. The number of carbonyl (C=O) groups is 2. The molecule has 1 saturated heterocycles. The fraction of sp³-hybridized carbons (Fsp3) is 0.263. The molecular weight excluding hydrogens is 322 g/mol. The average Bonchev–Trinajstić information content (AvgIpc) is 2.95. The van der Waals surface area contributed by atoms with E-state index in [0.29, 0.717) is 17.9 Å². The number of ether oxygens (including phenoxy) is 3. The Balaban J connectivity index is 1.65. The van der Waals surface area contributed by atoms with Gasteiger partial charge in [-0.15, -0.1) is 0 Å². The Bertz CT molecular complexity index is 756. The quantitative estimate of drug-likeness (QED) is 0.754. The summed E-state index contributed by atoms with van der Waals surface area (Å²) < 4.78 is 16.4. The zero-order valence-corrected chi connectivity index (χ0v) is 14.1. The van der Waals surface area contributed by atoms with Crippen molar-refractivity contribution in [3.8, 4) is 11.5 Å². The van der Waals surface area contributed by atoms with Crippen molar-refractivity contribution in [1.29, 1.82) is 0 Å². The Hall–Kier alpha value is -3.02. The molecule has 1 atom stereocenters. The Morgan fingerprint density at radius 2 is 1.76 bits per heavy atom. The summed E-state index contributed by atoms with van der Waals surface area (Å²) in [6.45, 7) is 2.42. The number of anilines is 1. The van der Waals surface area contributed by atoms with Gasteiger partial charge in [0.05, 0.1) is 13.7 Å². The molecule has 3 rings (SSSR count). The molecule has 25 heavy (non-hydrogen) atoms. The van der Waals surface area contributed by atoms with Crippen LogP contribution in [0.1, 0.15) is 17.3 Å². The highest BCUT2D eigenvalue weighted by atomic mass is 16.6. The summed E-state index contributed by atoms with van der Waals surface area (Å²) in [5.74, 6) is 1.34. The van der Waals surface area contributed by atoms with E-state index in [1.807, 2.05) is 19.1 Å². The van der Waals surface area contributed by atoms with Crippen LogP contribution < -0.4 is 14.4 Å². The highest BCUT2D eigenvalue weighted by Crippen LogP contribution is 2.29. The Kier molecular flexibility index (Phi) is 4.61. The molecule has 0 radical (unpaired) electrons. The van der Waals surface area contributed by atoms with Crippen LogP contribution in [0.25, 0.3) is 0 Å². The molecular formula is C19H19NO5. The fourth-order valence-electron chi connectivity index (χ4n) is 2.61. The van der Waals surface area contributed by atoms with Crippen LogP contribution in [-0.2, 0) is 4.74 Å². The van der Waals surface area contributed by atoms with Crippen LogP contribution in [0.2, 0.25) is 0 Å². The summed E-state index contributed by atoms with van der Waals surface area (Å²) in [6, 6.07) is 14.0. The summed E-state index contributed by atoms with van der Waals surface area (Å²) >= 11 is 0. The number of cyclic esters (lactones) is 1. The van der Waals surface area contributed by atoms with E-state index in [0.717, 1.165) is 17.7 Å². The lowest BCUT2D eigenvalue weighted by atomic mass is 10.1. The predicted molar refractivity (Wildman–Crippen MR) is 92.6 cm³/mol. The van der Waals surface area contributed by atoms with E-state index in [1.54, 1.807) is 48.4 Å². The van der Waals surface area contributed by atoms with Crippen LogP contribution >= 0.6 is 0 Å². The van der Waals surface area contributed by atoms with Crippen molar-refractivity contribution in [3.05, 3.63) is 54.1 Å². The molecule has 1 aliphatic rings. The van der Waals surface area contributed by atoms with Crippen molar-refractivity contribution in [2.24, 2.45) is 0 Å². The molecule has 0 saturated carbocycles. The van der Waals surface area contributed by atoms with Crippen LogP contribution in [0.15, 0.2) is 48.5 Å². The second-order valence-electron chi connectivity index (χ2n) is 6.08. The first-order valence-corrected chi connectivity index (χ1v) is 7.86. The Labute approximate surface area is 145 Å². The standard InChI is InChI=1S/C19H19NO5/c1-19(13-24-17-7-3-14(11-21)4-8-17)12-20(18(22)25-19)15-5-9-16(23-2)10-6-15/h3-11H,12-13H2,1-2H3. The van der Waals surface area contributed by atoms with Gasteiger partial charge >= 0.3 is 6.09 Å². The lowest BCUT2D eigenvalue weighted by molar-refractivity contribution is 0.0308. The molecule has 6 nitrogen and oxygen atoms in total. The minimum absolute atomic E-state index is 0.214. The van der Waals surface area contributed by atoms with Gasteiger partial charge in [0.15, 0.2) is 5.60 Å². The van der Waals surface area contributed by atoms with Crippen molar-refractivity contribution in [1.82, 2.24) is 0 Å². The third-order valence-corrected chi connectivity index (χ3v) is 3.99. The van der Waals surface area contributed by atoms with E-state index >= 15 is 0 Å². The van der Waals surface area contributed by atoms with Gasteiger partial charge in [-0.3, -0.25) is 9.69 Å². The van der Waals surface area contributed by atoms with Gasteiger partial charge in [-0.1, -0.05) is 0 Å². The van der Waals surface area contributed by atoms with Crippen LogP contribution in [0.3, 0.4) is 0 Å². The molecule has 0 aromatic heterocycles. The number of rotatable bonds is 6. The van der Waals surface area contributed by atoms with E-state index in [-0.39, 0.29) is 6.61 Å². The molecule has 1 fully saturated rings. The van der Waals surface area contributed by atoms with Crippen LogP contribution in [0, 0.1) is 0 Å². The van der Waals surface area contributed by atoms with Crippen molar-refractivity contribution in [2.45, 2.75) is 12.5 Å². The lowest BCUT2D eigenvalue weighted by Crippen LogP contribution is -2.37. The number of nitrogens with zero attached hydrogens (tertiary/aromatic N) is 1. The first-order chi connectivity index (χ1) is 12.0. The maximum atomic E-state index is 12.2. The van der Waals surface area contributed by atoms with Gasteiger partial charge in [0, 0.05) is 11.3 Å². The molecule has 130 valence electrons. The maximum Gasteiger partial charge on any atom is 0.415 e. The molecule has 0 aliphatic carbocycles. The molecule has 0 spiro atoms. The van der Waals surface area contributed by atoms with Gasteiger partial charge in [0.25, 0.3) is 0 Å². The monoisotopic (exact) mass is 341 g/mol. The highest BCUT2D eigenvalue weighted by Gasteiger charge is 2.43. The smallest absolute Gasteiger partial charge is 0.415 e. The topological polar surface area (TPSA) is 65.1 Å². The molecule has 0 bridgehead atoms. The third kappa shape index (κ3) is 3.74. The number of methoxy groups -OCH3 is 1. The zero-order chi connectivity index (χ0) is 17.9. The second-order valence-corrected chi connectivity index (χ2v) is 6.08.